The molecule has 50 valence electrons. The van der Waals surface area contributed by atoms with Crippen LogP contribution in [0.25, 0.3) is 0 Å². The molecule has 0 aromatic carbocycles. The molecule has 0 fully saturated rings. The number of halogens is 1. The smallest absolute Gasteiger partial charge is 0.0374 e. The molecule has 0 unspecified atom stereocenters. The normalized spacial score (nSPS) is 12.0. The molecule has 0 N–H and O–H groups in total. The van der Waals surface area contributed by atoms with Crippen LogP contribution in [0, 0.1) is 0 Å². The van der Waals surface area contributed by atoms with E-state index in [-0.39, 0.29) is 0 Å². The fourth-order valence-corrected chi connectivity index (χ4v) is 0.816. The number of thiol groups is 1. The number of hydrazine groups is 1. The van der Waals surface area contributed by atoms with Gasteiger partial charge in [0.1, 0.15) is 0 Å². The van der Waals surface area contributed by atoms with Gasteiger partial charge in [-0.1, -0.05) is 12.8 Å². The highest BCUT2D eigenvalue weighted by Gasteiger charge is 2.05. The lowest BCUT2D eigenvalue weighted by atomic mass is 10.4. The molecule has 0 saturated carbocycles. The summed E-state index contributed by atoms with van der Waals surface area (Å²) in [6.45, 7) is 4.17. The average Bonchev–Trinajstić information content (AvgIpc) is 1.64. The van der Waals surface area contributed by atoms with Crippen molar-refractivity contribution in [3.8, 4) is 0 Å². The maximum Gasteiger partial charge on any atom is 0.0374 e. The van der Waals surface area contributed by atoms with Gasteiger partial charge in [-0.15, -0.1) is 0 Å². The van der Waals surface area contributed by atoms with E-state index >= 15 is 0 Å². The maximum atomic E-state index is 4.17. The number of nitrogens with zero attached hydrogens (tertiary/aromatic N) is 2. The fraction of sp³-hybridized carbons (Fsp3) is 1.00. The minimum Gasteiger partial charge on any atom is -0.177 e. The summed E-state index contributed by atoms with van der Waals surface area (Å²) in [5.41, 5.74) is 0. The quantitative estimate of drug-likeness (QED) is 0.343. The van der Waals surface area contributed by atoms with Crippen molar-refractivity contribution in [3.05, 3.63) is 0 Å². The lowest BCUT2D eigenvalue weighted by Crippen LogP contribution is -2.29. The van der Waals surface area contributed by atoms with E-state index in [2.05, 4.69) is 49.5 Å². The molecule has 0 spiro atoms. The Morgan fingerprint density at radius 3 is 1.88 bits per heavy atom. The maximum absolute atomic E-state index is 4.17. The van der Waals surface area contributed by atoms with Crippen LogP contribution >= 0.6 is 35.7 Å². The molecule has 0 aromatic heterocycles. The van der Waals surface area contributed by atoms with Gasteiger partial charge < -0.3 is 0 Å². The number of hydrogen-bond acceptors (Lipinski definition) is 3. The molecule has 0 bridgehead atoms. The Kier molecular flexibility index (Phi) is 4.41. The number of hydrogen-bond donors (Lipinski definition) is 1. The van der Waals surface area contributed by atoms with E-state index in [4.69, 9.17) is 0 Å². The number of rotatable bonds is 2. The zero-order valence-electron chi connectivity index (χ0n) is 5.30. The molecular formula is C4H11IN2S. The summed E-state index contributed by atoms with van der Waals surface area (Å²) in [6, 6.07) is 0.459. The molecule has 0 aromatic rings. The lowest BCUT2D eigenvalue weighted by Gasteiger charge is -2.23. The van der Waals surface area contributed by atoms with Gasteiger partial charge in [-0.2, -0.15) is 7.64 Å². The van der Waals surface area contributed by atoms with Crippen LogP contribution in [0.1, 0.15) is 13.8 Å². The molecule has 4 heteroatoms. The fourth-order valence-electron chi connectivity index (χ4n) is 0.318. The van der Waals surface area contributed by atoms with Gasteiger partial charge in [-0.05, 0) is 13.8 Å². The first-order valence-corrected chi connectivity index (χ1v) is 3.79. The second kappa shape index (κ2) is 3.92. The third-order valence-corrected chi connectivity index (χ3v) is 2.28. The summed E-state index contributed by atoms with van der Waals surface area (Å²) < 4.78 is 3.76. The van der Waals surface area contributed by atoms with E-state index in [9.17, 15) is 0 Å². The van der Waals surface area contributed by atoms with Gasteiger partial charge in [0.2, 0.25) is 0 Å². The highest BCUT2D eigenvalue weighted by atomic mass is 127. The van der Waals surface area contributed by atoms with E-state index < -0.39 is 0 Å². The summed E-state index contributed by atoms with van der Waals surface area (Å²) in [5, 5.41) is 0. The molecule has 0 aliphatic carbocycles. The Balaban J connectivity index is 3.46. The largest absolute Gasteiger partial charge is 0.177 e. The summed E-state index contributed by atoms with van der Waals surface area (Å²) in [7, 11) is 1.95. The van der Waals surface area contributed by atoms with Crippen molar-refractivity contribution < 1.29 is 0 Å². The van der Waals surface area contributed by atoms with Crippen molar-refractivity contribution in [2.45, 2.75) is 19.9 Å². The average molecular weight is 246 g/mol. The van der Waals surface area contributed by atoms with Crippen LogP contribution in [0.2, 0.25) is 0 Å². The molecule has 0 radical (unpaired) electrons. The van der Waals surface area contributed by atoms with Crippen LogP contribution in [-0.2, 0) is 0 Å². The van der Waals surface area contributed by atoms with Gasteiger partial charge in [0, 0.05) is 36.0 Å². The van der Waals surface area contributed by atoms with Gasteiger partial charge in [0.15, 0.2) is 0 Å². The van der Waals surface area contributed by atoms with Crippen LogP contribution < -0.4 is 0 Å². The van der Waals surface area contributed by atoms with Gasteiger partial charge in [-0.25, -0.2) is 0 Å². The third kappa shape index (κ3) is 3.11. The SMILES string of the molecule is CC(C)N(S)N(C)I. The molecule has 8 heavy (non-hydrogen) atoms. The predicted molar refractivity (Wildman–Crippen MR) is 47.7 cm³/mol. The van der Waals surface area contributed by atoms with Crippen LogP contribution in [0.15, 0.2) is 0 Å². The molecule has 0 rings (SSSR count). The van der Waals surface area contributed by atoms with Crippen molar-refractivity contribution in [2.24, 2.45) is 0 Å². The topological polar surface area (TPSA) is 6.48 Å². The highest BCUT2D eigenvalue weighted by Crippen LogP contribution is 2.08. The Bertz CT molecular complexity index is 59.1. The molecule has 0 amide bonds. The van der Waals surface area contributed by atoms with Crippen molar-refractivity contribution >= 4 is 35.7 Å². The van der Waals surface area contributed by atoms with Crippen LogP contribution in [0.5, 0.6) is 0 Å². The van der Waals surface area contributed by atoms with E-state index in [1.54, 1.807) is 0 Å². The summed E-state index contributed by atoms with van der Waals surface area (Å²) in [6.07, 6.45) is 0. The Hall–Kier alpha value is 1.00. The lowest BCUT2D eigenvalue weighted by molar-refractivity contribution is 0.222. The monoisotopic (exact) mass is 246 g/mol. The molecule has 0 aliphatic heterocycles. The first kappa shape index (κ1) is 9.00. The van der Waals surface area contributed by atoms with Gasteiger partial charge in [0.05, 0.1) is 0 Å². The first-order chi connectivity index (χ1) is 3.55. The van der Waals surface area contributed by atoms with E-state index in [0.717, 1.165) is 0 Å². The third-order valence-electron chi connectivity index (χ3n) is 0.744. The second-order valence-electron chi connectivity index (χ2n) is 1.86. The predicted octanol–water partition coefficient (Wildman–Crippen LogP) is 1.74. The molecule has 0 saturated heterocycles. The zero-order valence-corrected chi connectivity index (χ0v) is 8.35. The van der Waals surface area contributed by atoms with Crippen molar-refractivity contribution in [3.63, 3.8) is 0 Å². The van der Waals surface area contributed by atoms with E-state index in [0.29, 0.717) is 6.04 Å². The second-order valence-corrected chi connectivity index (χ2v) is 3.66. The summed E-state index contributed by atoms with van der Waals surface area (Å²) >= 11 is 6.34. The zero-order chi connectivity index (χ0) is 6.73. The van der Waals surface area contributed by atoms with Gasteiger partial charge in [-0.3, -0.25) is 0 Å². The van der Waals surface area contributed by atoms with Crippen LogP contribution in [-0.4, -0.2) is 20.7 Å². The molecule has 0 atom stereocenters. The van der Waals surface area contributed by atoms with Crippen molar-refractivity contribution in [1.82, 2.24) is 7.64 Å². The van der Waals surface area contributed by atoms with E-state index in [1.807, 2.05) is 14.7 Å². The first-order valence-electron chi connectivity index (χ1n) is 2.43. The highest BCUT2D eigenvalue weighted by molar-refractivity contribution is 14.1. The van der Waals surface area contributed by atoms with Gasteiger partial charge >= 0.3 is 0 Å². The molecule has 0 aliphatic rings. The Morgan fingerprint density at radius 1 is 1.50 bits per heavy atom. The van der Waals surface area contributed by atoms with Crippen LogP contribution in [0.3, 0.4) is 0 Å². The molecule has 0 heterocycles. The molecule has 2 nitrogen and oxygen atoms in total. The standard InChI is InChI=1S/C4H11IN2S/c1-4(2)7(8)6(3)5/h4,8H,1-3H3. The Morgan fingerprint density at radius 2 is 1.88 bits per heavy atom. The minimum absolute atomic E-state index is 0.459. The Labute approximate surface area is 70.2 Å². The summed E-state index contributed by atoms with van der Waals surface area (Å²) in [5.74, 6) is 0. The van der Waals surface area contributed by atoms with Crippen molar-refractivity contribution in [2.75, 3.05) is 7.05 Å². The van der Waals surface area contributed by atoms with Gasteiger partial charge in [0.25, 0.3) is 0 Å². The molecular weight excluding hydrogens is 235 g/mol. The minimum atomic E-state index is 0.459. The van der Waals surface area contributed by atoms with Crippen molar-refractivity contribution in [1.29, 1.82) is 0 Å². The summed E-state index contributed by atoms with van der Waals surface area (Å²) in [4.78, 5) is 0. The van der Waals surface area contributed by atoms with Crippen LogP contribution in [0.4, 0.5) is 0 Å². The van der Waals surface area contributed by atoms with E-state index in [1.165, 1.54) is 0 Å².